The number of nitrogens with one attached hydrogen (secondary N) is 3. The molecule has 156 valence electrons. The zero-order valence-electron chi connectivity index (χ0n) is 18.0. The topological polar surface area (TPSA) is 79.5 Å². The van der Waals surface area contributed by atoms with E-state index < -0.39 is 6.10 Å². The molecule has 1 atom stereocenters. The smallest absolute Gasteiger partial charge is 0.319 e. The van der Waals surface area contributed by atoms with E-state index in [9.17, 15) is 9.59 Å². The van der Waals surface area contributed by atoms with Crippen LogP contribution in [0.2, 0.25) is 0 Å². The highest BCUT2D eigenvalue weighted by Gasteiger charge is 2.18. The first-order chi connectivity index (χ1) is 13.6. The molecule has 6 heteroatoms. The molecule has 0 aromatic heterocycles. The summed E-state index contributed by atoms with van der Waals surface area (Å²) in [5.74, 6) is 0.326. The summed E-state index contributed by atoms with van der Waals surface area (Å²) in [6.45, 7) is 11.9. The van der Waals surface area contributed by atoms with Gasteiger partial charge in [-0.2, -0.15) is 0 Å². The molecule has 1 unspecified atom stereocenters. The molecule has 3 amide bonds. The molecule has 0 aliphatic carbocycles. The van der Waals surface area contributed by atoms with Gasteiger partial charge in [-0.3, -0.25) is 4.79 Å². The van der Waals surface area contributed by atoms with Crippen LogP contribution in [0.3, 0.4) is 0 Å². The van der Waals surface area contributed by atoms with E-state index in [0.717, 1.165) is 0 Å². The van der Waals surface area contributed by atoms with Crippen molar-refractivity contribution in [2.75, 3.05) is 10.6 Å². The lowest BCUT2D eigenvalue weighted by molar-refractivity contribution is -0.122. The number of para-hydroxylation sites is 2. The Morgan fingerprint density at radius 2 is 1.41 bits per heavy atom. The summed E-state index contributed by atoms with van der Waals surface area (Å²) >= 11 is 0. The van der Waals surface area contributed by atoms with E-state index in [1.807, 2.05) is 38.1 Å². The maximum absolute atomic E-state index is 12.6. The van der Waals surface area contributed by atoms with Gasteiger partial charge in [0.05, 0.1) is 11.4 Å². The summed E-state index contributed by atoms with van der Waals surface area (Å²) in [7, 11) is 0. The van der Waals surface area contributed by atoms with E-state index in [-0.39, 0.29) is 23.4 Å². The van der Waals surface area contributed by atoms with Crippen molar-refractivity contribution in [3.63, 3.8) is 0 Å². The zero-order chi connectivity index (χ0) is 21.6. The summed E-state index contributed by atoms with van der Waals surface area (Å²) in [5.41, 5.74) is 2.28. The number of carbonyl (C=O) groups excluding carboxylic acids is 2. The third-order valence-electron chi connectivity index (χ3n) is 4.26. The molecule has 0 saturated heterocycles. The summed E-state index contributed by atoms with van der Waals surface area (Å²) in [4.78, 5) is 24.6. The molecular weight excluding hydrogens is 366 g/mol. The highest BCUT2D eigenvalue weighted by atomic mass is 16.5. The molecule has 3 N–H and O–H groups in total. The van der Waals surface area contributed by atoms with Gasteiger partial charge < -0.3 is 20.7 Å². The van der Waals surface area contributed by atoms with Crippen LogP contribution in [0, 0.1) is 0 Å². The van der Waals surface area contributed by atoms with Crippen molar-refractivity contribution < 1.29 is 14.3 Å². The molecule has 2 rings (SSSR count). The van der Waals surface area contributed by atoms with E-state index in [2.05, 4.69) is 36.7 Å². The van der Waals surface area contributed by atoms with Gasteiger partial charge in [0.15, 0.2) is 6.10 Å². The second-order valence-corrected chi connectivity index (χ2v) is 8.32. The lowest BCUT2D eigenvalue weighted by Crippen LogP contribution is -2.35. The van der Waals surface area contributed by atoms with Crippen molar-refractivity contribution in [3.8, 4) is 5.75 Å². The number of urea groups is 1. The predicted molar refractivity (Wildman–Crippen MR) is 118 cm³/mol. The van der Waals surface area contributed by atoms with Crippen LogP contribution in [-0.4, -0.2) is 24.1 Å². The Bertz CT molecular complexity index is 839. The Labute approximate surface area is 173 Å². The molecule has 2 aromatic rings. The third-order valence-corrected chi connectivity index (χ3v) is 4.26. The first-order valence-electron chi connectivity index (χ1n) is 9.81. The molecule has 0 fully saturated rings. The summed E-state index contributed by atoms with van der Waals surface area (Å²) in [6, 6.07) is 14.5. The van der Waals surface area contributed by atoms with Crippen LogP contribution in [0.25, 0.3) is 0 Å². The Morgan fingerprint density at radius 3 is 1.93 bits per heavy atom. The van der Waals surface area contributed by atoms with Gasteiger partial charge in [0.2, 0.25) is 0 Å². The Balaban J connectivity index is 2.02. The van der Waals surface area contributed by atoms with Crippen molar-refractivity contribution in [2.45, 2.75) is 59.1 Å². The third kappa shape index (κ3) is 6.82. The van der Waals surface area contributed by atoms with Gasteiger partial charge in [-0.1, -0.05) is 45.0 Å². The Hall–Kier alpha value is -3.02. The number of carbonyl (C=O) groups is 2. The molecule has 0 radical (unpaired) electrons. The highest BCUT2D eigenvalue weighted by Crippen LogP contribution is 2.25. The largest absolute Gasteiger partial charge is 0.481 e. The number of ether oxygens (including phenoxy) is 1. The number of amides is 3. The van der Waals surface area contributed by atoms with Crippen LogP contribution in [0.4, 0.5) is 16.2 Å². The number of benzene rings is 2. The lowest BCUT2D eigenvalue weighted by Gasteiger charge is -2.20. The molecule has 2 aromatic carbocycles. The second kappa shape index (κ2) is 9.45. The number of hydrogen-bond acceptors (Lipinski definition) is 3. The van der Waals surface area contributed by atoms with E-state index in [1.165, 1.54) is 5.56 Å². The fourth-order valence-corrected chi connectivity index (χ4v) is 2.65. The standard InChI is InChI=1S/C23H31N3O3/c1-15(2)24-22(28)26-20-10-8-7-9-19(20)25-21(27)16(3)29-18-13-11-17(12-14-18)23(4,5)6/h7-16H,1-6H3,(H,25,27)(H2,24,26,28). The molecule has 0 bridgehead atoms. The predicted octanol–water partition coefficient (Wildman–Crippen LogP) is 4.92. The second-order valence-electron chi connectivity index (χ2n) is 8.32. The van der Waals surface area contributed by atoms with Crippen molar-refractivity contribution in [1.82, 2.24) is 5.32 Å². The minimum absolute atomic E-state index is 0.00912. The van der Waals surface area contributed by atoms with E-state index in [1.54, 1.807) is 31.2 Å². The van der Waals surface area contributed by atoms with Crippen LogP contribution in [-0.2, 0) is 10.2 Å². The van der Waals surface area contributed by atoms with Crippen LogP contribution >= 0.6 is 0 Å². The molecule has 0 heterocycles. The maximum atomic E-state index is 12.6. The quantitative estimate of drug-likeness (QED) is 0.647. The average molecular weight is 398 g/mol. The SMILES string of the molecule is CC(C)NC(=O)Nc1ccccc1NC(=O)C(C)Oc1ccc(C(C)(C)C)cc1. The minimum atomic E-state index is -0.701. The fourth-order valence-electron chi connectivity index (χ4n) is 2.65. The van der Waals surface area contributed by atoms with Crippen molar-refractivity contribution in [3.05, 3.63) is 54.1 Å². The molecule has 6 nitrogen and oxygen atoms in total. The highest BCUT2D eigenvalue weighted by molar-refractivity contribution is 6.00. The van der Waals surface area contributed by atoms with Crippen molar-refractivity contribution in [1.29, 1.82) is 0 Å². The Kier molecular flexibility index (Phi) is 7.26. The number of rotatable bonds is 6. The Morgan fingerprint density at radius 1 is 0.862 bits per heavy atom. The van der Waals surface area contributed by atoms with Crippen LogP contribution in [0.5, 0.6) is 5.75 Å². The number of hydrogen-bond donors (Lipinski definition) is 3. The summed E-state index contributed by atoms with van der Waals surface area (Å²) < 4.78 is 5.78. The zero-order valence-corrected chi connectivity index (χ0v) is 18.0. The van der Waals surface area contributed by atoms with Crippen LogP contribution < -0.4 is 20.7 Å². The lowest BCUT2D eigenvalue weighted by atomic mass is 9.87. The minimum Gasteiger partial charge on any atom is -0.481 e. The molecule has 0 aliphatic heterocycles. The van der Waals surface area contributed by atoms with Crippen molar-refractivity contribution >= 4 is 23.3 Å². The van der Waals surface area contributed by atoms with Gasteiger partial charge in [-0.15, -0.1) is 0 Å². The van der Waals surface area contributed by atoms with Gasteiger partial charge in [-0.25, -0.2) is 4.79 Å². The van der Waals surface area contributed by atoms with Gasteiger partial charge in [0, 0.05) is 6.04 Å². The molecule has 0 saturated carbocycles. The summed E-state index contributed by atoms with van der Waals surface area (Å²) in [5, 5.41) is 8.32. The van der Waals surface area contributed by atoms with Gasteiger partial charge in [0.25, 0.3) is 5.91 Å². The van der Waals surface area contributed by atoms with Crippen molar-refractivity contribution in [2.24, 2.45) is 0 Å². The normalized spacial score (nSPS) is 12.2. The molecule has 0 spiro atoms. The van der Waals surface area contributed by atoms with Crippen LogP contribution in [0.15, 0.2) is 48.5 Å². The molecule has 0 aliphatic rings. The maximum Gasteiger partial charge on any atom is 0.319 e. The van der Waals surface area contributed by atoms with Gasteiger partial charge in [0.1, 0.15) is 5.75 Å². The molecule has 29 heavy (non-hydrogen) atoms. The van der Waals surface area contributed by atoms with Gasteiger partial charge >= 0.3 is 6.03 Å². The molecular formula is C23H31N3O3. The van der Waals surface area contributed by atoms with Crippen LogP contribution in [0.1, 0.15) is 47.1 Å². The first-order valence-corrected chi connectivity index (χ1v) is 9.81. The fraction of sp³-hybridized carbons (Fsp3) is 0.391. The number of anilines is 2. The monoisotopic (exact) mass is 397 g/mol. The summed E-state index contributed by atoms with van der Waals surface area (Å²) in [6.07, 6.45) is -0.701. The average Bonchev–Trinajstić information content (AvgIpc) is 2.62. The van der Waals surface area contributed by atoms with E-state index in [4.69, 9.17) is 4.74 Å². The van der Waals surface area contributed by atoms with E-state index in [0.29, 0.717) is 17.1 Å². The van der Waals surface area contributed by atoms with E-state index >= 15 is 0 Å². The first kappa shape index (κ1) is 22.3. The van der Waals surface area contributed by atoms with Gasteiger partial charge in [-0.05, 0) is 56.0 Å².